The van der Waals surface area contributed by atoms with Gasteiger partial charge in [-0.05, 0) is 43.2 Å². The number of aliphatic carboxylic acids is 1. The summed E-state index contributed by atoms with van der Waals surface area (Å²) in [5, 5.41) is 21.7. The first kappa shape index (κ1) is 22.4. The summed E-state index contributed by atoms with van der Waals surface area (Å²) >= 11 is 1.72. The Labute approximate surface area is 177 Å². The van der Waals surface area contributed by atoms with Crippen LogP contribution < -0.4 is 0 Å². The van der Waals surface area contributed by atoms with Crippen molar-refractivity contribution in [3.63, 3.8) is 0 Å². The molecule has 2 fully saturated rings. The molecule has 1 saturated heterocycles. The molecule has 1 saturated carbocycles. The SMILES string of the molecule is Cc1csc(CO[C@H]2C[C@@H](O)[C@H](N3CCOCC3)[C@H]2C/C=C\CCCC(=O)O)c1. The average molecular weight is 424 g/mol. The second kappa shape index (κ2) is 11.2. The molecule has 162 valence electrons. The van der Waals surface area contributed by atoms with E-state index in [1.165, 1.54) is 10.4 Å². The first-order valence-electron chi connectivity index (χ1n) is 10.6. The van der Waals surface area contributed by atoms with Crippen LogP contribution in [-0.4, -0.2) is 65.6 Å². The molecule has 3 rings (SSSR count). The Bertz CT molecular complexity index is 670. The Morgan fingerprint density at radius 2 is 2.17 bits per heavy atom. The molecular formula is C22H33NO5S. The minimum absolute atomic E-state index is 0.0175. The topological polar surface area (TPSA) is 79.2 Å². The molecule has 0 unspecified atom stereocenters. The monoisotopic (exact) mass is 423 g/mol. The summed E-state index contributed by atoms with van der Waals surface area (Å²) in [6, 6.07) is 2.24. The van der Waals surface area contributed by atoms with Crippen molar-refractivity contribution < 1.29 is 24.5 Å². The lowest BCUT2D eigenvalue weighted by atomic mass is 9.94. The maximum atomic E-state index is 10.8. The van der Waals surface area contributed by atoms with Crippen LogP contribution in [0.2, 0.25) is 0 Å². The third-order valence-electron chi connectivity index (χ3n) is 5.81. The van der Waals surface area contributed by atoms with Gasteiger partial charge >= 0.3 is 5.97 Å². The molecule has 2 N–H and O–H groups in total. The van der Waals surface area contributed by atoms with Gasteiger partial charge in [-0.1, -0.05) is 12.2 Å². The van der Waals surface area contributed by atoms with Gasteiger partial charge < -0.3 is 19.7 Å². The molecule has 1 aromatic heterocycles. The van der Waals surface area contributed by atoms with Crippen molar-refractivity contribution in [1.82, 2.24) is 4.90 Å². The standard InChI is InChI=1S/C22H33NO5S/c1-16-12-17(29-15-16)14-28-20-13-19(24)22(23-8-10-27-11-9-23)18(20)6-4-2-3-5-7-21(25)26/h2,4,12,15,18-20,22,24H,3,5-11,13-14H2,1H3,(H,25,26)/b4-2-/t18-,19+,20-,22+/m0/s1. The number of carboxylic acids is 1. The molecular weight excluding hydrogens is 390 g/mol. The average Bonchev–Trinajstić information content (AvgIpc) is 3.25. The van der Waals surface area contributed by atoms with Crippen molar-refractivity contribution in [2.45, 2.75) is 63.9 Å². The lowest BCUT2D eigenvalue weighted by Crippen LogP contribution is -2.50. The number of nitrogens with zero attached hydrogens (tertiary/aromatic N) is 1. The van der Waals surface area contributed by atoms with Gasteiger partial charge in [-0.25, -0.2) is 0 Å². The predicted octanol–water partition coefficient (Wildman–Crippen LogP) is 3.22. The van der Waals surface area contributed by atoms with Gasteiger partial charge in [0.15, 0.2) is 0 Å². The maximum Gasteiger partial charge on any atom is 0.303 e. The van der Waals surface area contributed by atoms with Gasteiger partial charge in [0.2, 0.25) is 0 Å². The van der Waals surface area contributed by atoms with Crippen molar-refractivity contribution in [3.8, 4) is 0 Å². The Balaban J connectivity index is 1.61. The van der Waals surface area contributed by atoms with Crippen molar-refractivity contribution in [2.75, 3.05) is 26.3 Å². The summed E-state index contributed by atoms with van der Waals surface area (Å²) in [4.78, 5) is 14.2. The van der Waals surface area contributed by atoms with Crippen LogP contribution in [0.25, 0.3) is 0 Å². The summed E-state index contributed by atoms with van der Waals surface area (Å²) in [5.41, 5.74) is 1.26. The number of aliphatic hydroxyl groups excluding tert-OH is 1. The third-order valence-corrected chi connectivity index (χ3v) is 6.84. The zero-order valence-corrected chi connectivity index (χ0v) is 18.0. The molecule has 6 nitrogen and oxygen atoms in total. The van der Waals surface area contributed by atoms with Gasteiger partial charge in [0.05, 0.1) is 32.0 Å². The summed E-state index contributed by atoms with van der Waals surface area (Å²) < 4.78 is 11.8. The molecule has 1 aromatic rings. The predicted molar refractivity (Wildman–Crippen MR) is 113 cm³/mol. The number of hydrogen-bond acceptors (Lipinski definition) is 6. The van der Waals surface area contributed by atoms with E-state index in [4.69, 9.17) is 14.6 Å². The Hall–Kier alpha value is -1.25. The molecule has 4 atom stereocenters. The fourth-order valence-corrected chi connectivity index (χ4v) is 5.22. The first-order chi connectivity index (χ1) is 14.0. The largest absolute Gasteiger partial charge is 0.481 e. The third kappa shape index (κ3) is 6.62. The van der Waals surface area contributed by atoms with E-state index in [-0.39, 0.29) is 24.5 Å². The fourth-order valence-electron chi connectivity index (χ4n) is 4.43. The van der Waals surface area contributed by atoms with Gasteiger partial charge in [-0.2, -0.15) is 0 Å². The molecule has 1 aliphatic carbocycles. The van der Waals surface area contributed by atoms with Gasteiger partial charge in [0, 0.05) is 42.8 Å². The van der Waals surface area contributed by atoms with Gasteiger partial charge in [0.25, 0.3) is 0 Å². The van der Waals surface area contributed by atoms with E-state index in [0.717, 1.165) is 25.9 Å². The van der Waals surface area contributed by atoms with Crippen LogP contribution in [0, 0.1) is 12.8 Å². The molecule has 29 heavy (non-hydrogen) atoms. The Kier molecular flexibility index (Phi) is 8.68. The maximum absolute atomic E-state index is 10.8. The number of carboxylic acid groups (broad SMARTS) is 1. The lowest BCUT2D eigenvalue weighted by molar-refractivity contribution is -0.137. The smallest absolute Gasteiger partial charge is 0.303 e. The summed E-state index contributed by atoms with van der Waals surface area (Å²) in [5.74, 6) is -0.526. The van der Waals surface area contributed by atoms with Crippen LogP contribution in [0.3, 0.4) is 0 Å². The molecule has 0 radical (unpaired) electrons. The summed E-state index contributed by atoms with van der Waals surface area (Å²) in [7, 11) is 0. The van der Waals surface area contributed by atoms with Gasteiger partial charge in [0.1, 0.15) is 0 Å². The van der Waals surface area contributed by atoms with Gasteiger partial charge in [-0.15, -0.1) is 11.3 Å². The summed E-state index contributed by atoms with van der Waals surface area (Å²) in [6.07, 6.45) is 6.96. The van der Waals surface area contributed by atoms with E-state index >= 15 is 0 Å². The molecule has 2 heterocycles. The number of hydrogen-bond donors (Lipinski definition) is 2. The highest BCUT2D eigenvalue weighted by molar-refractivity contribution is 7.10. The first-order valence-corrected chi connectivity index (χ1v) is 11.4. The number of ether oxygens (including phenoxy) is 2. The van der Waals surface area contributed by atoms with Crippen LogP contribution in [0.15, 0.2) is 23.6 Å². The lowest BCUT2D eigenvalue weighted by Gasteiger charge is -2.37. The number of carbonyl (C=O) groups is 1. The Morgan fingerprint density at radius 1 is 1.38 bits per heavy atom. The number of unbranched alkanes of at least 4 members (excludes halogenated alkanes) is 1. The van der Waals surface area contributed by atoms with E-state index in [2.05, 4.69) is 35.4 Å². The van der Waals surface area contributed by atoms with E-state index < -0.39 is 12.1 Å². The second-order valence-electron chi connectivity index (χ2n) is 8.04. The zero-order valence-electron chi connectivity index (χ0n) is 17.2. The molecule has 0 amide bonds. The van der Waals surface area contributed by atoms with Crippen LogP contribution in [-0.2, 0) is 20.9 Å². The van der Waals surface area contributed by atoms with E-state index in [1.807, 2.05) is 0 Å². The number of aliphatic hydroxyl groups is 1. The van der Waals surface area contributed by atoms with Gasteiger partial charge in [-0.3, -0.25) is 9.69 Å². The van der Waals surface area contributed by atoms with Crippen molar-refractivity contribution in [3.05, 3.63) is 34.0 Å². The number of aryl methyl sites for hydroxylation is 1. The molecule has 1 aliphatic heterocycles. The minimum atomic E-state index is -0.748. The molecule has 0 bridgehead atoms. The highest BCUT2D eigenvalue weighted by Crippen LogP contribution is 2.36. The van der Waals surface area contributed by atoms with E-state index in [9.17, 15) is 9.90 Å². The molecule has 7 heteroatoms. The highest BCUT2D eigenvalue weighted by atomic mass is 32.1. The van der Waals surface area contributed by atoms with Crippen LogP contribution in [0.4, 0.5) is 0 Å². The van der Waals surface area contributed by atoms with E-state index in [0.29, 0.717) is 32.7 Å². The quantitative estimate of drug-likeness (QED) is 0.444. The minimum Gasteiger partial charge on any atom is -0.481 e. The fraction of sp³-hybridized carbons (Fsp3) is 0.682. The normalized spacial score (nSPS) is 28.3. The molecule has 0 spiro atoms. The van der Waals surface area contributed by atoms with Crippen molar-refractivity contribution in [1.29, 1.82) is 0 Å². The summed E-state index contributed by atoms with van der Waals surface area (Å²) in [6.45, 7) is 5.78. The van der Waals surface area contributed by atoms with Crippen molar-refractivity contribution >= 4 is 17.3 Å². The zero-order chi connectivity index (χ0) is 20.6. The molecule has 2 aliphatic rings. The van der Waals surface area contributed by atoms with Crippen LogP contribution >= 0.6 is 11.3 Å². The highest BCUT2D eigenvalue weighted by Gasteiger charge is 2.45. The number of morpholine rings is 1. The van der Waals surface area contributed by atoms with Crippen molar-refractivity contribution in [2.24, 2.45) is 5.92 Å². The van der Waals surface area contributed by atoms with E-state index in [1.54, 1.807) is 11.3 Å². The number of rotatable bonds is 10. The van der Waals surface area contributed by atoms with Crippen LogP contribution in [0.1, 0.15) is 42.5 Å². The van der Waals surface area contributed by atoms with Crippen LogP contribution in [0.5, 0.6) is 0 Å². The number of thiophene rings is 1. The number of allylic oxidation sites excluding steroid dienone is 2. The molecule has 0 aromatic carbocycles. The Morgan fingerprint density at radius 3 is 2.86 bits per heavy atom. The second-order valence-corrected chi connectivity index (χ2v) is 9.03.